The Morgan fingerprint density at radius 1 is 1.11 bits per heavy atom. The van der Waals surface area contributed by atoms with Crippen LogP contribution in [0, 0.1) is 23.7 Å². The maximum Gasteiger partial charge on any atom is 0.251 e. The number of aromatic nitrogens is 2. The van der Waals surface area contributed by atoms with E-state index in [1.54, 1.807) is 0 Å². The predicted octanol–water partition coefficient (Wildman–Crippen LogP) is 6.04. The molecule has 2 aromatic rings. The Hall–Kier alpha value is -2.16. The average molecular weight is 375 g/mol. The van der Waals surface area contributed by atoms with Gasteiger partial charge in [-0.25, -0.2) is 0 Å². The van der Waals surface area contributed by atoms with Gasteiger partial charge in [0, 0.05) is 23.0 Å². The van der Waals surface area contributed by atoms with Crippen molar-refractivity contribution in [2.45, 2.75) is 58.3 Å². The Morgan fingerprint density at radius 2 is 1.89 bits per heavy atom. The number of allylic oxidation sites excluding steroid dienone is 2. The maximum atomic E-state index is 13.7. The summed E-state index contributed by atoms with van der Waals surface area (Å²) in [5.74, 6) is 2.72. The van der Waals surface area contributed by atoms with Gasteiger partial charge in [-0.15, -0.1) is 0 Å². The molecule has 1 fully saturated rings. The van der Waals surface area contributed by atoms with Crippen molar-refractivity contribution in [2.75, 3.05) is 0 Å². The molecule has 0 saturated heterocycles. The van der Waals surface area contributed by atoms with Gasteiger partial charge < -0.3 is 0 Å². The van der Waals surface area contributed by atoms with Crippen molar-refractivity contribution in [1.82, 2.24) is 9.78 Å². The zero-order valence-electron chi connectivity index (χ0n) is 17.1. The summed E-state index contributed by atoms with van der Waals surface area (Å²) in [4.78, 5) is 13.7. The van der Waals surface area contributed by atoms with Gasteiger partial charge in [-0.1, -0.05) is 63.3 Å². The number of benzene rings is 1. The minimum absolute atomic E-state index is 0.0895. The number of carbonyl (C=O) groups excluding carboxylic acids is 1. The van der Waals surface area contributed by atoms with E-state index >= 15 is 0 Å². The topological polar surface area (TPSA) is 34.9 Å². The highest BCUT2D eigenvalue weighted by molar-refractivity contribution is 5.87. The average Bonchev–Trinajstić information content (AvgIpc) is 3.42. The normalized spacial score (nSPS) is 30.8. The van der Waals surface area contributed by atoms with Crippen LogP contribution in [0.4, 0.5) is 0 Å². The van der Waals surface area contributed by atoms with Crippen LogP contribution in [0.25, 0.3) is 11.3 Å². The molecule has 146 valence electrons. The Morgan fingerprint density at radius 3 is 2.54 bits per heavy atom. The summed E-state index contributed by atoms with van der Waals surface area (Å²) in [5.41, 5.74) is 4.69. The lowest BCUT2D eigenvalue weighted by Gasteiger charge is -2.28. The van der Waals surface area contributed by atoms with Gasteiger partial charge in [-0.2, -0.15) is 9.78 Å². The Balaban J connectivity index is 1.67. The lowest BCUT2D eigenvalue weighted by atomic mass is 9.75. The molecule has 1 heterocycles. The van der Waals surface area contributed by atoms with Gasteiger partial charge in [-0.05, 0) is 49.4 Å². The molecule has 0 unspecified atom stereocenters. The van der Waals surface area contributed by atoms with Crippen molar-refractivity contribution >= 4 is 5.91 Å². The molecule has 0 amide bonds. The summed E-state index contributed by atoms with van der Waals surface area (Å²) in [6.07, 6.45) is 9.04. The number of rotatable bonds is 3. The number of fused-ring (bicyclic) bond motifs is 3. The summed E-state index contributed by atoms with van der Waals surface area (Å²) in [6, 6.07) is 10.4. The molecule has 3 heteroatoms. The lowest BCUT2D eigenvalue weighted by molar-refractivity contribution is 0.0798. The number of hydrogen-bond donors (Lipinski definition) is 0. The third-order valence-corrected chi connectivity index (χ3v) is 7.36. The van der Waals surface area contributed by atoms with Crippen LogP contribution in [0.3, 0.4) is 0 Å². The monoisotopic (exact) mass is 374 g/mol. The number of carbonyl (C=O) groups is 1. The summed E-state index contributed by atoms with van der Waals surface area (Å²) >= 11 is 0. The third-order valence-electron chi connectivity index (χ3n) is 7.36. The van der Waals surface area contributed by atoms with Crippen molar-refractivity contribution in [2.24, 2.45) is 23.7 Å². The van der Waals surface area contributed by atoms with E-state index in [1.807, 2.05) is 10.7 Å². The standard InChI is InChI=1S/C25H30N2O/c1-15(2)20-12-9-16(3)22-23(20)26-27(24(22)18-7-5-4-6-8-18)25(28)21-14-17-10-11-19(21)13-17/h4-8,10-11,15-17,19-21H,9,12-14H2,1-3H3/t16-,17+,19+,20-,21+/m1/s1. The quantitative estimate of drug-likeness (QED) is 0.614. The second kappa shape index (κ2) is 6.72. The predicted molar refractivity (Wildman–Crippen MR) is 112 cm³/mol. The van der Waals surface area contributed by atoms with Crippen molar-refractivity contribution in [3.8, 4) is 11.3 Å². The zero-order valence-corrected chi connectivity index (χ0v) is 17.1. The van der Waals surface area contributed by atoms with Gasteiger partial charge in [0.2, 0.25) is 0 Å². The van der Waals surface area contributed by atoms with E-state index in [2.05, 4.69) is 57.2 Å². The molecule has 0 spiro atoms. The van der Waals surface area contributed by atoms with Gasteiger partial charge in [-0.3, -0.25) is 4.79 Å². The van der Waals surface area contributed by atoms with E-state index in [9.17, 15) is 4.79 Å². The van der Waals surface area contributed by atoms with Crippen LogP contribution in [0.5, 0.6) is 0 Å². The maximum absolute atomic E-state index is 13.7. The summed E-state index contributed by atoms with van der Waals surface area (Å²) in [7, 11) is 0. The molecule has 0 radical (unpaired) electrons. The highest BCUT2D eigenvalue weighted by Crippen LogP contribution is 2.48. The molecule has 3 nitrogen and oxygen atoms in total. The Labute approximate surface area is 167 Å². The summed E-state index contributed by atoms with van der Waals surface area (Å²) in [5, 5.41) is 5.05. The highest BCUT2D eigenvalue weighted by Gasteiger charge is 2.43. The van der Waals surface area contributed by atoms with E-state index < -0.39 is 0 Å². The van der Waals surface area contributed by atoms with Gasteiger partial charge >= 0.3 is 0 Å². The number of nitrogens with zero attached hydrogens (tertiary/aromatic N) is 2. The van der Waals surface area contributed by atoms with Crippen molar-refractivity contribution in [3.05, 3.63) is 53.7 Å². The van der Waals surface area contributed by atoms with Gasteiger partial charge in [0.1, 0.15) is 0 Å². The van der Waals surface area contributed by atoms with E-state index in [0.29, 0.717) is 29.6 Å². The Bertz CT molecular complexity index is 924. The molecule has 5 rings (SSSR count). The van der Waals surface area contributed by atoms with Crippen LogP contribution in [0.2, 0.25) is 0 Å². The molecule has 5 atom stereocenters. The molecule has 3 aliphatic carbocycles. The highest BCUT2D eigenvalue weighted by atomic mass is 16.2. The minimum atomic E-state index is 0.0895. The second-order valence-corrected chi connectivity index (χ2v) is 9.48. The molecule has 1 aromatic heterocycles. The first-order valence-electron chi connectivity index (χ1n) is 10.9. The fourth-order valence-electron chi connectivity index (χ4n) is 5.82. The number of hydrogen-bond acceptors (Lipinski definition) is 2. The Kier molecular flexibility index (Phi) is 4.30. The SMILES string of the molecule is CC(C)[C@H]1CC[C@@H](C)c2c1nn(C(=O)[C@H]1C[C@H]3C=C[C@H]1C3)c2-c1ccccc1. The third kappa shape index (κ3) is 2.70. The lowest BCUT2D eigenvalue weighted by Crippen LogP contribution is -2.27. The summed E-state index contributed by atoms with van der Waals surface area (Å²) in [6.45, 7) is 6.88. The fourth-order valence-corrected chi connectivity index (χ4v) is 5.82. The second-order valence-electron chi connectivity index (χ2n) is 9.48. The van der Waals surface area contributed by atoms with Crippen LogP contribution in [-0.2, 0) is 0 Å². The van der Waals surface area contributed by atoms with Crippen molar-refractivity contribution in [3.63, 3.8) is 0 Å². The van der Waals surface area contributed by atoms with Crippen molar-refractivity contribution < 1.29 is 4.79 Å². The molecule has 0 aliphatic heterocycles. The van der Waals surface area contributed by atoms with Gasteiger partial charge in [0.05, 0.1) is 11.4 Å². The van der Waals surface area contributed by atoms with Crippen LogP contribution in [0.15, 0.2) is 42.5 Å². The van der Waals surface area contributed by atoms with Crippen molar-refractivity contribution in [1.29, 1.82) is 0 Å². The molecule has 28 heavy (non-hydrogen) atoms. The van der Waals surface area contributed by atoms with E-state index in [4.69, 9.17) is 5.10 Å². The first-order valence-corrected chi connectivity index (χ1v) is 10.9. The minimum Gasteiger partial charge on any atom is -0.272 e. The zero-order chi connectivity index (χ0) is 19.4. The molecule has 1 saturated carbocycles. The molecular weight excluding hydrogens is 344 g/mol. The van der Waals surface area contributed by atoms with E-state index in [-0.39, 0.29) is 11.8 Å². The molecule has 2 bridgehead atoms. The van der Waals surface area contributed by atoms with Gasteiger partial charge in [0.25, 0.3) is 5.91 Å². The first-order chi connectivity index (χ1) is 13.5. The van der Waals surface area contributed by atoms with Crippen LogP contribution in [0.1, 0.15) is 74.3 Å². The summed E-state index contributed by atoms with van der Waals surface area (Å²) < 4.78 is 1.82. The van der Waals surface area contributed by atoms with Crippen LogP contribution >= 0.6 is 0 Å². The largest absolute Gasteiger partial charge is 0.272 e. The smallest absolute Gasteiger partial charge is 0.251 e. The molecule has 1 aromatic carbocycles. The fraction of sp³-hybridized carbons (Fsp3) is 0.520. The molecule has 0 N–H and O–H groups in total. The van der Waals surface area contributed by atoms with Gasteiger partial charge in [0.15, 0.2) is 0 Å². The van der Waals surface area contributed by atoms with E-state index in [1.165, 1.54) is 24.1 Å². The molecular formula is C25H30N2O. The van der Waals surface area contributed by atoms with Crippen LogP contribution in [-0.4, -0.2) is 15.7 Å². The first kappa shape index (κ1) is 17.9. The molecule has 3 aliphatic rings. The van der Waals surface area contributed by atoms with Crippen LogP contribution < -0.4 is 0 Å². The van der Waals surface area contributed by atoms with E-state index in [0.717, 1.165) is 24.1 Å².